The number of nitrogens with zero attached hydrogens (tertiary/aromatic N) is 5. The lowest BCUT2D eigenvalue weighted by molar-refractivity contribution is 0.0600. The van der Waals surface area contributed by atoms with Crippen LogP contribution in [-0.4, -0.2) is 38.3 Å². The first kappa shape index (κ1) is 15.2. The number of thioether (sulfide) groups is 1. The Morgan fingerprint density at radius 1 is 1.22 bits per heavy atom. The van der Waals surface area contributed by atoms with Crippen molar-refractivity contribution < 1.29 is 9.53 Å². The van der Waals surface area contributed by atoms with Gasteiger partial charge in [0.2, 0.25) is 5.16 Å². The van der Waals surface area contributed by atoms with E-state index < -0.39 is 0 Å². The van der Waals surface area contributed by atoms with Gasteiger partial charge in [0.05, 0.1) is 24.1 Å². The van der Waals surface area contributed by atoms with Crippen LogP contribution in [0.3, 0.4) is 0 Å². The van der Waals surface area contributed by atoms with Crippen molar-refractivity contribution in [2.24, 2.45) is 0 Å². The highest BCUT2D eigenvalue weighted by molar-refractivity contribution is 7.98. The molecular formula is C15H13N5O2S. The molecule has 23 heavy (non-hydrogen) atoms. The van der Waals surface area contributed by atoms with Crippen molar-refractivity contribution >= 4 is 17.7 Å². The molecule has 0 N–H and O–H groups in total. The molecular weight excluding hydrogens is 314 g/mol. The highest BCUT2D eigenvalue weighted by atomic mass is 32.2. The fraction of sp³-hybridized carbons (Fsp3) is 0.133. The zero-order valence-electron chi connectivity index (χ0n) is 12.3. The van der Waals surface area contributed by atoms with Crippen LogP contribution < -0.4 is 0 Å². The minimum Gasteiger partial charge on any atom is -0.465 e. The molecule has 0 saturated heterocycles. The third-order valence-corrected chi connectivity index (χ3v) is 4.00. The maximum Gasteiger partial charge on any atom is 0.337 e. The van der Waals surface area contributed by atoms with Crippen LogP contribution in [0, 0.1) is 0 Å². The number of hydrogen-bond acceptors (Lipinski definition) is 7. The molecule has 0 atom stereocenters. The zero-order valence-corrected chi connectivity index (χ0v) is 13.1. The number of rotatable bonds is 5. The van der Waals surface area contributed by atoms with Gasteiger partial charge in [-0.05, 0) is 46.8 Å². The van der Waals surface area contributed by atoms with Crippen LogP contribution in [0.15, 0.2) is 53.8 Å². The van der Waals surface area contributed by atoms with E-state index >= 15 is 0 Å². The SMILES string of the molecule is COC(=O)c1ccc(-n2nnnc2SCc2ccccn2)cc1. The second kappa shape index (κ2) is 7.01. The molecule has 3 aromatic rings. The number of esters is 1. The molecule has 0 radical (unpaired) electrons. The molecule has 0 aliphatic heterocycles. The molecule has 0 saturated carbocycles. The van der Waals surface area contributed by atoms with Crippen molar-refractivity contribution in [2.45, 2.75) is 10.9 Å². The first-order chi connectivity index (χ1) is 11.3. The molecule has 0 bridgehead atoms. The number of ether oxygens (including phenoxy) is 1. The largest absolute Gasteiger partial charge is 0.465 e. The second-order valence-corrected chi connectivity index (χ2v) is 5.46. The van der Waals surface area contributed by atoms with E-state index in [4.69, 9.17) is 0 Å². The summed E-state index contributed by atoms with van der Waals surface area (Å²) in [5.41, 5.74) is 2.20. The highest BCUT2D eigenvalue weighted by Gasteiger charge is 2.11. The van der Waals surface area contributed by atoms with Crippen LogP contribution in [0.4, 0.5) is 0 Å². The number of benzene rings is 1. The van der Waals surface area contributed by atoms with Gasteiger partial charge in [-0.1, -0.05) is 17.8 Å². The topological polar surface area (TPSA) is 82.8 Å². The molecule has 0 aliphatic carbocycles. The van der Waals surface area contributed by atoms with Crippen LogP contribution in [0.5, 0.6) is 0 Å². The monoisotopic (exact) mass is 327 g/mol. The summed E-state index contributed by atoms with van der Waals surface area (Å²) < 4.78 is 6.30. The predicted molar refractivity (Wildman–Crippen MR) is 84.3 cm³/mol. The van der Waals surface area contributed by atoms with Gasteiger partial charge in [0.25, 0.3) is 0 Å². The van der Waals surface area contributed by atoms with Gasteiger partial charge in [-0.2, -0.15) is 4.68 Å². The molecule has 8 heteroatoms. The average Bonchev–Trinajstić information content (AvgIpc) is 3.09. The van der Waals surface area contributed by atoms with Crippen LogP contribution in [-0.2, 0) is 10.5 Å². The summed E-state index contributed by atoms with van der Waals surface area (Å²) in [6.45, 7) is 0. The lowest BCUT2D eigenvalue weighted by Gasteiger charge is -2.05. The van der Waals surface area contributed by atoms with Gasteiger partial charge in [0.15, 0.2) is 0 Å². The smallest absolute Gasteiger partial charge is 0.337 e. The normalized spacial score (nSPS) is 10.5. The Labute approximate surface area is 136 Å². The van der Waals surface area contributed by atoms with Gasteiger partial charge in [0.1, 0.15) is 0 Å². The van der Waals surface area contributed by atoms with Crippen molar-refractivity contribution in [1.29, 1.82) is 0 Å². The van der Waals surface area contributed by atoms with Gasteiger partial charge in [-0.3, -0.25) is 4.98 Å². The third-order valence-electron chi connectivity index (χ3n) is 3.05. The lowest BCUT2D eigenvalue weighted by atomic mass is 10.2. The molecule has 3 rings (SSSR count). The van der Waals surface area contributed by atoms with Crippen molar-refractivity contribution in [3.8, 4) is 5.69 Å². The summed E-state index contributed by atoms with van der Waals surface area (Å²) in [4.78, 5) is 15.7. The van der Waals surface area contributed by atoms with Gasteiger partial charge >= 0.3 is 5.97 Å². The maximum absolute atomic E-state index is 11.5. The van der Waals surface area contributed by atoms with E-state index in [1.54, 1.807) is 35.1 Å². The van der Waals surface area contributed by atoms with Crippen molar-refractivity contribution in [3.63, 3.8) is 0 Å². The Bertz CT molecular complexity index is 789. The van der Waals surface area contributed by atoms with Gasteiger partial charge in [-0.15, -0.1) is 5.10 Å². The van der Waals surface area contributed by atoms with Crippen molar-refractivity contribution in [3.05, 3.63) is 59.9 Å². The third kappa shape index (κ3) is 3.54. The summed E-state index contributed by atoms with van der Waals surface area (Å²) in [5, 5.41) is 12.4. The number of carbonyl (C=O) groups is 1. The van der Waals surface area contributed by atoms with Crippen LogP contribution in [0.25, 0.3) is 5.69 Å². The van der Waals surface area contributed by atoms with E-state index in [1.165, 1.54) is 18.9 Å². The summed E-state index contributed by atoms with van der Waals surface area (Å²) >= 11 is 1.49. The Hall–Kier alpha value is -2.74. The molecule has 0 aliphatic rings. The molecule has 1 aromatic carbocycles. The van der Waals surface area contributed by atoms with E-state index in [9.17, 15) is 4.79 Å². The molecule has 0 fully saturated rings. The zero-order chi connectivity index (χ0) is 16.1. The number of carbonyl (C=O) groups excluding carboxylic acids is 1. The second-order valence-electron chi connectivity index (χ2n) is 4.52. The molecule has 2 heterocycles. The van der Waals surface area contributed by atoms with Crippen molar-refractivity contribution in [1.82, 2.24) is 25.2 Å². The van der Waals surface area contributed by atoms with Crippen LogP contribution >= 0.6 is 11.8 Å². The van der Waals surface area contributed by atoms with Crippen LogP contribution in [0.1, 0.15) is 16.1 Å². The minimum absolute atomic E-state index is 0.377. The Kier molecular flexibility index (Phi) is 4.62. The van der Waals surface area contributed by atoms with E-state index in [-0.39, 0.29) is 5.97 Å². The number of hydrogen-bond donors (Lipinski definition) is 0. The van der Waals surface area contributed by atoms with Gasteiger partial charge in [0, 0.05) is 11.9 Å². The summed E-state index contributed by atoms with van der Waals surface area (Å²) in [6, 6.07) is 12.7. The molecule has 0 unspecified atom stereocenters. The van der Waals surface area contributed by atoms with E-state index in [0.29, 0.717) is 16.5 Å². The van der Waals surface area contributed by atoms with E-state index in [2.05, 4.69) is 25.2 Å². The van der Waals surface area contributed by atoms with Crippen molar-refractivity contribution in [2.75, 3.05) is 7.11 Å². The number of pyridine rings is 1. The van der Waals surface area contributed by atoms with E-state index in [1.807, 2.05) is 18.2 Å². The van der Waals surface area contributed by atoms with Crippen LogP contribution in [0.2, 0.25) is 0 Å². The number of tetrazole rings is 1. The highest BCUT2D eigenvalue weighted by Crippen LogP contribution is 2.21. The molecule has 0 amide bonds. The summed E-state index contributed by atoms with van der Waals surface area (Å²) in [7, 11) is 1.35. The standard InChI is InChI=1S/C15H13N5O2S/c1-22-14(21)11-5-7-13(8-6-11)20-15(17-18-19-20)23-10-12-4-2-3-9-16-12/h2-9H,10H2,1H3. The fourth-order valence-corrected chi connectivity index (χ4v) is 2.72. The molecule has 116 valence electrons. The first-order valence-electron chi connectivity index (χ1n) is 6.78. The molecule has 7 nitrogen and oxygen atoms in total. The molecule has 2 aromatic heterocycles. The lowest BCUT2D eigenvalue weighted by Crippen LogP contribution is -2.03. The predicted octanol–water partition coefficient (Wildman–Crippen LogP) is 2.14. The maximum atomic E-state index is 11.5. The fourth-order valence-electron chi connectivity index (χ4n) is 1.91. The number of methoxy groups -OCH3 is 1. The van der Waals surface area contributed by atoms with Gasteiger partial charge < -0.3 is 4.74 Å². The number of aromatic nitrogens is 5. The first-order valence-corrected chi connectivity index (χ1v) is 7.76. The Balaban J connectivity index is 1.76. The quantitative estimate of drug-likeness (QED) is 0.524. The Morgan fingerprint density at radius 3 is 2.74 bits per heavy atom. The summed E-state index contributed by atoms with van der Waals surface area (Å²) in [6.07, 6.45) is 1.75. The molecule has 0 spiro atoms. The van der Waals surface area contributed by atoms with E-state index in [0.717, 1.165) is 11.4 Å². The Morgan fingerprint density at radius 2 is 2.04 bits per heavy atom. The minimum atomic E-state index is -0.377. The average molecular weight is 327 g/mol. The van der Waals surface area contributed by atoms with Gasteiger partial charge in [-0.25, -0.2) is 4.79 Å². The summed E-state index contributed by atoms with van der Waals surface area (Å²) in [5.74, 6) is 0.291.